The average molecular weight is 276 g/mol. The summed E-state index contributed by atoms with van der Waals surface area (Å²) < 4.78 is 0. The number of hydrogen-bond donors (Lipinski definition) is 1. The van der Waals surface area contributed by atoms with Gasteiger partial charge in [-0.3, -0.25) is 19.3 Å². The van der Waals surface area contributed by atoms with Crippen LogP contribution in [0.5, 0.6) is 0 Å². The highest BCUT2D eigenvalue weighted by Crippen LogP contribution is 2.23. The Labute approximate surface area is 116 Å². The zero-order chi connectivity index (χ0) is 14.9. The van der Waals surface area contributed by atoms with E-state index in [4.69, 9.17) is 5.11 Å². The third kappa shape index (κ3) is 2.18. The summed E-state index contributed by atoms with van der Waals surface area (Å²) in [5.41, 5.74) is 0.915. The Balaban J connectivity index is 2.36. The lowest BCUT2D eigenvalue weighted by molar-refractivity contribution is 0.0692. The van der Waals surface area contributed by atoms with Gasteiger partial charge in [0.25, 0.3) is 17.7 Å². The Morgan fingerprint density at radius 3 is 2.50 bits per heavy atom. The van der Waals surface area contributed by atoms with Crippen molar-refractivity contribution in [2.24, 2.45) is 0 Å². The van der Waals surface area contributed by atoms with Gasteiger partial charge in [0.2, 0.25) is 0 Å². The summed E-state index contributed by atoms with van der Waals surface area (Å²) in [6.07, 6.45) is 0. The van der Waals surface area contributed by atoms with Crippen LogP contribution in [-0.4, -0.2) is 59.4 Å². The van der Waals surface area contributed by atoms with Gasteiger partial charge >= 0.3 is 0 Å². The predicted octanol–water partition coefficient (Wildman–Crippen LogP) is 0.367. The molecule has 20 heavy (non-hydrogen) atoms. The standard InChI is InChI=1S/C14H16N2O4/c1-3-16(6-7-17)12(18)9-4-5-10-11(8-9)14(20)15(2)13(10)19/h4-5,8,17H,3,6-7H2,1-2H3. The van der Waals surface area contributed by atoms with Crippen LogP contribution in [-0.2, 0) is 0 Å². The lowest BCUT2D eigenvalue weighted by Crippen LogP contribution is -2.33. The maximum atomic E-state index is 12.2. The zero-order valence-corrected chi connectivity index (χ0v) is 11.4. The molecule has 1 aliphatic heterocycles. The molecular formula is C14H16N2O4. The number of likely N-dealkylation sites (N-methyl/N-ethyl adjacent to an activating group) is 1. The number of nitrogens with zero attached hydrogens (tertiary/aromatic N) is 2. The van der Waals surface area contributed by atoms with Gasteiger partial charge in [-0.2, -0.15) is 0 Å². The van der Waals surface area contributed by atoms with E-state index >= 15 is 0 Å². The first-order valence-corrected chi connectivity index (χ1v) is 6.37. The number of carbonyl (C=O) groups excluding carboxylic acids is 3. The minimum absolute atomic E-state index is 0.120. The van der Waals surface area contributed by atoms with E-state index in [-0.39, 0.29) is 30.5 Å². The third-order valence-corrected chi connectivity index (χ3v) is 3.38. The second-order valence-corrected chi connectivity index (χ2v) is 4.54. The topological polar surface area (TPSA) is 77.9 Å². The van der Waals surface area contributed by atoms with E-state index in [0.29, 0.717) is 17.7 Å². The van der Waals surface area contributed by atoms with Crippen LogP contribution in [0, 0.1) is 0 Å². The number of carbonyl (C=O) groups is 3. The fourth-order valence-corrected chi connectivity index (χ4v) is 2.20. The molecule has 1 aliphatic rings. The minimum atomic E-state index is -0.398. The van der Waals surface area contributed by atoms with Crippen LogP contribution in [0.2, 0.25) is 0 Å². The molecule has 0 unspecified atom stereocenters. The van der Waals surface area contributed by atoms with Gasteiger partial charge in [0.15, 0.2) is 0 Å². The van der Waals surface area contributed by atoms with Gasteiger partial charge in [-0.05, 0) is 25.1 Å². The van der Waals surface area contributed by atoms with Crippen LogP contribution in [0.3, 0.4) is 0 Å². The van der Waals surface area contributed by atoms with Crippen molar-refractivity contribution >= 4 is 17.7 Å². The largest absolute Gasteiger partial charge is 0.395 e. The molecule has 1 aromatic carbocycles. The lowest BCUT2D eigenvalue weighted by Gasteiger charge is -2.19. The molecule has 0 fully saturated rings. The fraction of sp³-hybridized carbons (Fsp3) is 0.357. The molecule has 6 heteroatoms. The number of hydrogen-bond acceptors (Lipinski definition) is 4. The molecule has 0 aromatic heterocycles. The predicted molar refractivity (Wildman–Crippen MR) is 71.5 cm³/mol. The summed E-state index contributed by atoms with van der Waals surface area (Å²) >= 11 is 0. The smallest absolute Gasteiger partial charge is 0.261 e. The van der Waals surface area contributed by atoms with E-state index in [1.54, 1.807) is 0 Å². The number of amides is 3. The molecule has 1 N–H and O–H groups in total. The van der Waals surface area contributed by atoms with Gasteiger partial charge in [0.05, 0.1) is 17.7 Å². The van der Waals surface area contributed by atoms with Gasteiger partial charge in [-0.15, -0.1) is 0 Å². The van der Waals surface area contributed by atoms with Crippen LogP contribution in [0.15, 0.2) is 18.2 Å². The third-order valence-electron chi connectivity index (χ3n) is 3.38. The summed E-state index contributed by atoms with van der Waals surface area (Å²) in [5.74, 6) is -1.02. The summed E-state index contributed by atoms with van der Waals surface area (Å²) in [6, 6.07) is 4.48. The van der Waals surface area contributed by atoms with Gasteiger partial charge in [0.1, 0.15) is 0 Å². The quantitative estimate of drug-likeness (QED) is 0.806. The second kappa shape index (κ2) is 5.42. The summed E-state index contributed by atoms with van der Waals surface area (Å²) in [4.78, 5) is 38.4. The maximum absolute atomic E-state index is 12.2. The van der Waals surface area contributed by atoms with Crippen molar-refractivity contribution in [3.05, 3.63) is 34.9 Å². The van der Waals surface area contributed by atoms with Crippen molar-refractivity contribution in [3.63, 3.8) is 0 Å². The van der Waals surface area contributed by atoms with Gasteiger partial charge in [0, 0.05) is 25.7 Å². The Hall–Kier alpha value is -2.21. The number of rotatable bonds is 4. The Morgan fingerprint density at radius 2 is 1.90 bits per heavy atom. The van der Waals surface area contributed by atoms with E-state index in [1.165, 1.54) is 30.1 Å². The van der Waals surface area contributed by atoms with Crippen LogP contribution in [0.25, 0.3) is 0 Å². The molecule has 0 bridgehead atoms. The highest BCUT2D eigenvalue weighted by molar-refractivity contribution is 6.21. The first-order chi connectivity index (χ1) is 9.51. The van der Waals surface area contributed by atoms with Crippen molar-refractivity contribution in [2.75, 3.05) is 26.7 Å². The van der Waals surface area contributed by atoms with Crippen molar-refractivity contribution in [1.82, 2.24) is 9.80 Å². The normalized spacial score (nSPS) is 13.7. The van der Waals surface area contributed by atoms with Crippen LogP contribution in [0.1, 0.15) is 38.0 Å². The van der Waals surface area contributed by atoms with E-state index in [1.807, 2.05) is 6.92 Å². The zero-order valence-electron chi connectivity index (χ0n) is 11.4. The lowest BCUT2D eigenvalue weighted by atomic mass is 10.0. The Morgan fingerprint density at radius 1 is 1.25 bits per heavy atom. The number of aliphatic hydroxyl groups excluding tert-OH is 1. The highest BCUT2D eigenvalue weighted by atomic mass is 16.3. The summed E-state index contributed by atoms with van der Waals surface area (Å²) in [7, 11) is 1.41. The fourth-order valence-electron chi connectivity index (χ4n) is 2.20. The molecule has 0 saturated carbocycles. The van der Waals surface area contributed by atoms with Gasteiger partial charge in [-0.25, -0.2) is 0 Å². The van der Waals surface area contributed by atoms with E-state index in [0.717, 1.165) is 4.90 Å². The first-order valence-electron chi connectivity index (χ1n) is 6.37. The maximum Gasteiger partial charge on any atom is 0.261 e. The Bertz CT molecular complexity index is 583. The first kappa shape index (κ1) is 14.2. The number of aliphatic hydroxyl groups is 1. The van der Waals surface area contributed by atoms with E-state index in [9.17, 15) is 14.4 Å². The van der Waals surface area contributed by atoms with E-state index < -0.39 is 5.91 Å². The van der Waals surface area contributed by atoms with Crippen molar-refractivity contribution in [3.8, 4) is 0 Å². The Kier molecular flexibility index (Phi) is 3.85. The molecule has 1 heterocycles. The van der Waals surface area contributed by atoms with Crippen molar-refractivity contribution in [2.45, 2.75) is 6.92 Å². The molecule has 0 atom stereocenters. The second-order valence-electron chi connectivity index (χ2n) is 4.54. The molecule has 3 amide bonds. The van der Waals surface area contributed by atoms with Crippen LogP contribution in [0.4, 0.5) is 0 Å². The van der Waals surface area contributed by atoms with Gasteiger partial charge in [-0.1, -0.05) is 0 Å². The van der Waals surface area contributed by atoms with Crippen molar-refractivity contribution in [1.29, 1.82) is 0 Å². The average Bonchev–Trinajstić information content (AvgIpc) is 2.68. The molecule has 0 saturated heterocycles. The number of imide groups is 1. The monoisotopic (exact) mass is 276 g/mol. The summed E-state index contributed by atoms with van der Waals surface area (Å²) in [5, 5.41) is 8.93. The molecule has 2 rings (SSSR count). The number of fused-ring (bicyclic) bond motifs is 1. The SMILES string of the molecule is CCN(CCO)C(=O)c1ccc2c(c1)C(=O)N(C)C2=O. The number of benzene rings is 1. The molecule has 0 radical (unpaired) electrons. The van der Waals surface area contributed by atoms with Crippen molar-refractivity contribution < 1.29 is 19.5 Å². The highest BCUT2D eigenvalue weighted by Gasteiger charge is 2.33. The molecule has 0 spiro atoms. The van der Waals surface area contributed by atoms with Gasteiger partial charge < -0.3 is 10.0 Å². The molecule has 106 valence electrons. The van der Waals surface area contributed by atoms with E-state index in [2.05, 4.69) is 0 Å². The minimum Gasteiger partial charge on any atom is -0.395 e. The molecular weight excluding hydrogens is 260 g/mol. The molecule has 1 aromatic rings. The molecule has 0 aliphatic carbocycles. The summed E-state index contributed by atoms with van der Waals surface area (Å²) in [6.45, 7) is 2.39. The molecule has 6 nitrogen and oxygen atoms in total. The van der Waals surface area contributed by atoms with Crippen LogP contribution < -0.4 is 0 Å². The van der Waals surface area contributed by atoms with Crippen LogP contribution >= 0.6 is 0 Å².